The molecule has 0 aliphatic rings. The molecule has 1 atom stereocenters. The normalized spacial score (nSPS) is 12.2. The summed E-state index contributed by atoms with van der Waals surface area (Å²) in [7, 11) is 5.31. The number of hydrogen-bond donors (Lipinski definition) is 1. The number of carbonyl (C=O) groups excluding carboxylic acids is 2. The topological polar surface area (TPSA) is 65.8 Å². The summed E-state index contributed by atoms with van der Waals surface area (Å²) in [5.74, 6) is 0.679. The first-order valence-electron chi connectivity index (χ1n) is 9.62. The predicted molar refractivity (Wildman–Crippen MR) is 114 cm³/mol. The van der Waals surface area contributed by atoms with Crippen molar-refractivity contribution in [1.29, 1.82) is 0 Å². The molecule has 1 heterocycles. The van der Waals surface area contributed by atoms with Crippen LogP contribution in [0.15, 0.2) is 59.0 Å². The average Bonchev–Trinajstić information content (AvgIpc) is 3.16. The lowest BCUT2D eigenvalue weighted by Gasteiger charge is -2.26. The van der Waals surface area contributed by atoms with Crippen molar-refractivity contribution >= 4 is 22.8 Å². The van der Waals surface area contributed by atoms with E-state index in [0.29, 0.717) is 12.1 Å². The first-order chi connectivity index (χ1) is 13.9. The van der Waals surface area contributed by atoms with Crippen molar-refractivity contribution in [1.82, 2.24) is 15.1 Å². The first kappa shape index (κ1) is 20.6. The fourth-order valence-electron chi connectivity index (χ4n) is 3.23. The van der Waals surface area contributed by atoms with E-state index in [2.05, 4.69) is 5.32 Å². The molecule has 0 spiro atoms. The summed E-state index contributed by atoms with van der Waals surface area (Å²) >= 11 is 0. The van der Waals surface area contributed by atoms with E-state index in [-0.39, 0.29) is 24.4 Å². The predicted octanol–water partition coefficient (Wildman–Crippen LogP) is 3.44. The number of amides is 2. The van der Waals surface area contributed by atoms with Crippen molar-refractivity contribution in [2.45, 2.75) is 19.5 Å². The highest BCUT2D eigenvalue weighted by Crippen LogP contribution is 2.26. The van der Waals surface area contributed by atoms with Gasteiger partial charge in [0.15, 0.2) is 0 Å². The Morgan fingerprint density at radius 1 is 1.07 bits per heavy atom. The average molecular weight is 393 g/mol. The summed E-state index contributed by atoms with van der Waals surface area (Å²) in [5, 5.41) is 3.64. The zero-order valence-corrected chi connectivity index (χ0v) is 17.3. The smallest absolute Gasteiger partial charge is 0.251 e. The zero-order chi connectivity index (χ0) is 21.0. The van der Waals surface area contributed by atoms with E-state index >= 15 is 0 Å². The van der Waals surface area contributed by atoms with Crippen LogP contribution in [0.4, 0.5) is 0 Å². The molecule has 2 amide bonds. The number of benzene rings is 2. The Morgan fingerprint density at radius 3 is 2.41 bits per heavy atom. The molecule has 152 valence electrons. The molecular weight excluding hydrogens is 366 g/mol. The highest BCUT2D eigenvalue weighted by molar-refractivity contribution is 5.93. The Morgan fingerprint density at radius 2 is 1.76 bits per heavy atom. The monoisotopic (exact) mass is 393 g/mol. The van der Waals surface area contributed by atoms with Gasteiger partial charge in [0.2, 0.25) is 5.91 Å². The van der Waals surface area contributed by atoms with E-state index in [1.165, 1.54) is 0 Å². The summed E-state index contributed by atoms with van der Waals surface area (Å²) in [4.78, 5) is 28.0. The fourth-order valence-corrected chi connectivity index (χ4v) is 3.23. The van der Waals surface area contributed by atoms with Gasteiger partial charge < -0.3 is 14.6 Å². The second kappa shape index (κ2) is 8.92. The van der Waals surface area contributed by atoms with E-state index in [4.69, 9.17) is 4.42 Å². The standard InChI is InChI=1S/C23H27N3O3/c1-16(21-13-19-7-5-6-8-20(19)29-21)26(4)22(27)15-25(3)14-17-9-11-18(12-10-17)23(28)24-2/h5-13,16H,14-15H2,1-4H3,(H,24,28). The van der Waals surface area contributed by atoms with Crippen LogP contribution in [0.25, 0.3) is 11.0 Å². The quantitative estimate of drug-likeness (QED) is 0.668. The maximum Gasteiger partial charge on any atom is 0.251 e. The Bertz CT molecular complexity index is 961. The van der Waals surface area contributed by atoms with Crippen molar-refractivity contribution in [3.63, 3.8) is 0 Å². The number of nitrogens with zero attached hydrogens (tertiary/aromatic N) is 2. The van der Waals surface area contributed by atoms with Crippen molar-refractivity contribution in [3.05, 3.63) is 71.5 Å². The number of likely N-dealkylation sites (N-methyl/N-ethyl adjacent to an activating group) is 2. The number of furan rings is 1. The van der Waals surface area contributed by atoms with Gasteiger partial charge in [-0.05, 0) is 43.8 Å². The maximum atomic E-state index is 12.7. The van der Waals surface area contributed by atoms with Gasteiger partial charge in [-0.25, -0.2) is 0 Å². The zero-order valence-electron chi connectivity index (χ0n) is 17.3. The minimum atomic E-state index is -0.157. The second-order valence-electron chi connectivity index (χ2n) is 7.32. The number of carbonyl (C=O) groups is 2. The van der Waals surface area contributed by atoms with Crippen molar-refractivity contribution in [2.75, 3.05) is 27.7 Å². The molecular formula is C23H27N3O3. The number of nitrogens with one attached hydrogen (secondary N) is 1. The van der Waals surface area contributed by atoms with E-state index in [1.807, 2.05) is 61.3 Å². The van der Waals surface area contributed by atoms with Crippen molar-refractivity contribution in [2.24, 2.45) is 0 Å². The molecule has 1 N–H and O–H groups in total. The van der Waals surface area contributed by atoms with Crippen LogP contribution >= 0.6 is 0 Å². The highest BCUT2D eigenvalue weighted by atomic mass is 16.3. The Hall–Kier alpha value is -3.12. The number of rotatable bonds is 7. The van der Waals surface area contributed by atoms with Crippen LogP contribution in [0.3, 0.4) is 0 Å². The van der Waals surface area contributed by atoms with Crippen molar-refractivity contribution < 1.29 is 14.0 Å². The number of para-hydroxylation sites is 1. The minimum absolute atomic E-state index is 0.0161. The van der Waals surface area contributed by atoms with E-state index < -0.39 is 0 Å². The Balaban J connectivity index is 1.58. The van der Waals surface area contributed by atoms with Crippen LogP contribution in [0.5, 0.6) is 0 Å². The van der Waals surface area contributed by atoms with Gasteiger partial charge in [0, 0.05) is 31.6 Å². The van der Waals surface area contributed by atoms with Crippen LogP contribution in [0.1, 0.15) is 34.6 Å². The van der Waals surface area contributed by atoms with E-state index in [1.54, 1.807) is 31.1 Å². The molecule has 0 bridgehead atoms. The van der Waals surface area contributed by atoms with E-state index in [9.17, 15) is 9.59 Å². The molecule has 6 nitrogen and oxygen atoms in total. The first-order valence-corrected chi connectivity index (χ1v) is 9.62. The highest BCUT2D eigenvalue weighted by Gasteiger charge is 2.21. The lowest BCUT2D eigenvalue weighted by molar-refractivity contribution is -0.133. The van der Waals surface area contributed by atoms with Crippen LogP contribution in [0, 0.1) is 0 Å². The lowest BCUT2D eigenvalue weighted by Crippen LogP contribution is -2.37. The fraction of sp³-hybridized carbons (Fsp3) is 0.304. The van der Waals surface area contributed by atoms with Gasteiger partial charge in [0.05, 0.1) is 12.6 Å². The van der Waals surface area contributed by atoms with Crippen LogP contribution in [0.2, 0.25) is 0 Å². The molecule has 3 aromatic rings. The second-order valence-corrected chi connectivity index (χ2v) is 7.32. The van der Waals surface area contributed by atoms with E-state index in [0.717, 1.165) is 22.3 Å². The Kier molecular flexibility index (Phi) is 6.34. The SMILES string of the molecule is CNC(=O)c1ccc(CN(C)CC(=O)N(C)C(C)c2cc3ccccc3o2)cc1. The van der Waals surface area contributed by atoms with Gasteiger partial charge >= 0.3 is 0 Å². The van der Waals surface area contributed by atoms with Gasteiger partial charge in [0.1, 0.15) is 11.3 Å². The summed E-state index contributed by atoms with van der Waals surface area (Å²) < 4.78 is 5.90. The summed E-state index contributed by atoms with van der Waals surface area (Å²) in [6.45, 7) is 2.87. The molecule has 29 heavy (non-hydrogen) atoms. The largest absolute Gasteiger partial charge is 0.459 e. The van der Waals surface area contributed by atoms with Gasteiger partial charge in [-0.2, -0.15) is 0 Å². The molecule has 0 saturated heterocycles. The minimum Gasteiger partial charge on any atom is -0.459 e. The molecule has 0 saturated carbocycles. The number of fused-ring (bicyclic) bond motifs is 1. The lowest BCUT2D eigenvalue weighted by atomic mass is 10.1. The third kappa shape index (κ3) is 4.84. The molecule has 6 heteroatoms. The molecule has 1 aromatic heterocycles. The van der Waals surface area contributed by atoms with Crippen LogP contribution < -0.4 is 5.32 Å². The van der Waals surface area contributed by atoms with Crippen LogP contribution in [-0.2, 0) is 11.3 Å². The van der Waals surface area contributed by atoms with Gasteiger partial charge in [-0.15, -0.1) is 0 Å². The van der Waals surface area contributed by atoms with Gasteiger partial charge in [-0.3, -0.25) is 14.5 Å². The summed E-state index contributed by atoms with van der Waals surface area (Å²) in [6.07, 6.45) is 0. The molecule has 1 unspecified atom stereocenters. The summed E-state index contributed by atoms with van der Waals surface area (Å²) in [6, 6.07) is 17.1. The molecule has 2 aromatic carbocycles. The maximum absolute atomic E-state index is 12.7. The third-order valence-corrected chi connectivity index (χ3v) is 5.13. The van der Waals surface area contributed by atoms with Gasteiger partial charge in [-0.1, -0.05) is 30.3 Å². The Labute approximate surface area is 171 Å². The molecule has 0 fully saturated rings. The summed E-state index contributed by atoms with van der Waals surface area (Å²) in [5.41, 5.74) is 2.49. The molecule has 3 rings (SSSR count). The third-order valence-electron chi connectivity index (χ3n) is 5.13. The van der Waals surface area contributed by atoms with Crippen molar-refractivity contribution in [3.8, 4) is 0 Å². The molecule has 0 aliphatic heterocycles. The van der Waals surface area contributed by atoms with Crippen LogP contribution in [-0.4, -0.2) is 49.3 Å². The number of hydrogen-bond acceptors (Lipinski definition) is 4. The van der Waals surface area contributed by atoms with Gasteiger partial charge in [0.25, 0.3) is 5.91 Å². The molecule has 0 radical (unpaired) electrons. The molecule has 0 aliphatic carbocycles.